The van der Waals surface area contributed by atoms with E-state index in [1.165, 1.54) is 13.3 Å². The maximum atomic E-state index is 13.8. The summed E-state index contributed by atoms with van der Waals surface area (Å²) in [7, 11) is -2.46. The van der Waals surface area contributed by atoms with E-state index in [2.05, 4.69) is 25.4 Å². The van der Waals surface area contributed by atoms with E-state index in [0.717, 1.165) is 0 Å². The standard InChI is InChI=1S/C25H36N7O7P/c1-14(2)37-22(34)15(3)31-40(35,39-16-10-8-7-9-11-16)36-12-17-19(33)25(4,5)23(38-17)32-13-28-18-20(27-6)29-24(26)30-21(18)32/h7-11,13-15,17,19,23,33H,12H2,1-6H3,(H,31,35)(H3,26,27,29,30)/t15-,17-,19-,23-,40+/m1/s1. The summed E-state index contributed by atoms with van der Waals surface area (Å²) in [6, 6.07) is 7.38. The number of rotatable bonds is 11. The van der Waals surface area contributed by atoms with Gasteiger partial charge >= 0.3 is 13.7 Å². The number of nitrogens with zero attached hydrogens (tertiary/aromatic N) is 4. The maximum absolute atomic E-state index is 13.8. The van der Waals surface area contributed by atoms with Crippen LogP contribution in [0.15, 0.2) is 36.7 Å². The summed E-state index contributed by atoms with van der Waals surface area (Å²) in [5, 5.41) is 16.8. The van der Waals surface area contributed by atoms with Gasteiger partial charge in [0.25, 0.3) is 0 Å². The first-order valence-corrected chi connectivity index (χ1v) is 14.4. The second-order valence-electron chi connectivity index (χ2n) is 10.3. The number of carbonyl (C=O) groups excluding carboxylic acids is 1. The van der Waals surface area contributed by atoms with Crippen molar-refractivity contribution in [3.05, 3.63) is 36.7 Å². The van der Waals surface area contributed by atoms with E-state index in [9.17, 15) is 14.5 Å². The van der Waals surface area contributed by atoms with Crippen molar-refractivity contribution < 1.29 is 33.0 Å². The number of benzene rings is 1. The number of hydrogen-bond donors (Lipinski definition) is 4. The Morgan fingerprint density at radius 2 is 1.95 bits per heavy atom. The minimum Gasteiger partial charge on any atom is -0.462 e. The smallest absolute Gasteiger partial charge is 0.459 e. The number of aliphatic hydroxyl groups is 1. The Labute approximate surface area is 232 Å². The maximum Gasteiger partial charge on any atom is 0.459 e. The summed E-state index contributed by atoms with van der Waals surface area (Å²) in [6.45, 7) is 8.23. The molecular weight excluding hydrogens is 541 g/mol. The lowest BCUT2D eigenvalue weighted by Crippen LogP contribution is -2.38. The van der Waals surface area contributed by atoms with E-state index in [1.54, 1.807) is 55.8 Å². The van der Waals surface area contributed by atoms with Crippen molar-refractivity contribution in [2.45, 2.75) is 65.2 Å². The Morgan fingerprint density at radius 1 is 1.25 bits per heavy atom. The van der Waals surface area contributed by atoms with Gasteiger partial charge in [0.15, 0.2) is 17.0 Å². The summed E-state index contributed by atoms with van der Waals surface area (Å²) >= 11 is 0. The fraction of sp³-hybridized carbons (Fsp3) is 0.520. The third-order valence-corrected chi connectivity index (χ3v) is 8.06. The van der Waals surface area contributed by atoms with E-state index in [1.807, 2.05) is 13.8 Å². The predicted molar refractivity (Wildman–Crippen MR) is 147 cm³/mol. The molecule has 1 aromatic carbocycles. The van der Waals surface area contributed by atoms with Crippen LogP contribution in [-0.2, 0) is 23.4 Å². The van der Waals surface area contributed by atoms with Crippen molar-refractivity contribution in [1.29, 1.82) is 0 Å². The molecule has 0 amide bonds. The Bertz CT molecular complexity index is 1380. The summed E-state index contributed by atoms with van der Waals surface area (Å²) in [4.78, 5) is 25.3. The van der Waals surface area contributed by atoms with Crippen LogP contribution in [-0.4, -0.2) is 68.6 Å². The van der Waals surface area contributed by atoms with Crippen LogP contribution in [0.3, 0.4) is 0 Å². The first-order valence-electron chi connectivity index (χ1n) is 12.8. The fourth-order valence-corrected chi connectivity index (χ4v) is 5.88. The van der Waals surface area contributed by atoms with E-state index in [0.29, 0.717) is 17.0 Å². The molecule has 218 valence electrons. The van der Waals surface area contributed by atoms with Gasteiger partial charge in [-0.05, 0) is 32.9 Å². The van der Waals surface area contributed by atoms with Gasteiger partial charge in [0.05, 0.1) is 25.1 Å². The molecular formula is C25H36N7O7P. The zero-order valence-corrected chi connectivity index (χ0v) is 24.2. The lowest BCUT2D eigenvalue weighted by molar-refractivity contribution is -0.149. The quantitative estimate of drug-likeness (QED) is 0.193. The molecule has 0 spiro atoms. The molecule has 15 heteroatoms. The molecule has 40 heavy (non-hydrogen) atoms. The number of esters is 1. The number of aromatic nitrogens is 4. The van der Waals surface area contributed by atoms with E-state index in [-0.39, 0.29) is 24.4 Å². The molecule has 0 unspecified atom stereocenters. The average molecular weight is 578 g/mol. The Morgan fingerprint density at radius 3 is 2.60 bits per heavy atom. The van der Waals surface area contributed by atoms with Crippen molar-refractivity contribution in [3.8, 4) is 5.75 Å². The van der Waals surface area contributed by atoms with E-state index >= 15 is 0 Å². The van der Waals surface area contributed by atoms with Gasteiger partial charge in [-0.15, -0.1) is 0 Å². The van der Waals surface area contributed by atoms with Gasteiger partial charge in [0.2, 0.25) is 5.95 Å². The SMILES string of the molecule is CNc1nc(N)nc2c1ncn2[C@@H]1O[C@H](CO[P@@](=O)(N[C@H](C)C(=O)OC(C)C)Oc2ccccc2)[C@@H](O)C1(C)C. The highest BCUT2D eigenvalue weighted by atomic mass is 31.2. The van der Waals surface area contributed by atoms with Crippen LogP contribution >= 0.6 is 7.75 Å². The van der Waals surface area contributed by atoms with Crippen LogP contribution in [0.1, 0.15) is 40.8 Å². The molecule has 5 atom stereocenters. The molecule has 1 saturated heterocycles. The van der Waals surface area contributed by atoms with Crippen LogP contribution in [0.5, 0.6) is 5.75 Å². The highest BCUT2D eigenvalue weighted by molar-refractivity contribution is 7.52. The number of nitrogens with one attached hydrogen (secondary N) is 2. The second kappa shape index (κ2) is 11.7. The number of hydrogen-bond acceptors (Lipinski definition) is 12. The zero-order chi connectivity index (χ0) is 29.2. The van der Waals surface area contributed by atoms with Crippen molar-refractivity contribution in [1.82, 2.24) is 24.6 Å². The third-order valence-electron chi connectivity index (χ3n) is 6.42. The van der Waals surface area contributed by atoms with Crippen molar-refractivity contribution in [3.63, 3.8) is 0 Å². The van der Waals surface area contributed by atoms with Crippen LogP contribution in [0.2, 0.25) is 0 Å². The summed E-state index contributed by atoms with van der Waals surface area (Å²) < 4.78 is 38.4. The molecule has 14 nitrogen and oxygen atoms in total. The van der Waals surface area contributed by atoms with Gasteiger partial charge in [-0.25, -0.2) is 9.55 Å². The summed E-state index contributed by atoms with van der Waals surface area (Å²) in [5.41, 5.74) is 5.94. The molecule has 5 N–H and O–H groups in total. The Kier molecular flexibility index (Phi) is 8.66. The van der Waals surface area contributed by atoms with Gasteiger partial charge in [-0.3, -0.25) is 13.9 Å². The number of imidazole rings is 1. The number of aliphatic hydroxyl groups excluding tert-OH is 1. The van der Waals surface area contributed by atoms with Gasteiger partial charge in [0.1, 0.15) is 24.1 Å². The largest absolute Gasteiger partial charge is 0.462 e. The summed E-state index contributed by atoms with van der Waals surface area (Å²) in [6.07, 6.45) is -1.53. The third kappa shape index (κ3) is 6.21. The molecule has 4 rings (SSSR count). The van der Waals surface area contributed by atoms with Gasteiger partial charge in [-0.2, -0.15) is 15.1 Å². The van der Waals surface area contributed by atoms with Crippen molar-refractivity contribution in [2.24, 2.45) is 5.41 Å². The Balaban J connectivity index is 1.56. The number of para-hydroxylation sites is 1. The van der Waals surface area contributed by atoms with Crippen LogP contribution in [0.25, 0.3) is 11.2 Å². The lowest BCUT2D eigenvalue weighted by Gasteiger charge is -2.29. The number of fused-ring (bicyclic) bond motifs is 1. The highest BCUT2D eigenvalue weighted by Gasteiger charge is 2.52. The van der Waals surface area contributed by atoms with E-state index in [4.69, 9.17) is 24.3 Å². The van der Waals surface area contributed by atoms with Crippen LogP contribution in [0, 0.1) is 5.41 Å². The van der Waals surface area contributed by atoms with Crippen LogP contribution in [0.4, 0.5) is 11.8 Å². The fourth-order valence-electron chi connectivity index (χ4n) is 4.38. The number of nitrogen functional groups attached to an aromatic ring is 1. The van der Waals surface area contributed by atoms with Gasteiger partial charge in [-0.1, -0.05) is 32.0 Å². The molecule has 2 aromatic heterocycles. The second-order valence-corrected chi connectivity index (χ2v) is 12.0. The van der Waals surface area contributed by atoms with Crippen molar-refractivity contribution >= 4 is 36.6 Å². The Hall–Kier alpha value is -3.29. The monoisotopic (exact) mass is 577 g/mol. The molecule has 0 aliphatic carbocycles. The molecule has 0 radical (unpaired) electrons. The van der Waals surface area contributed by atoms with Gasteiger partial charge < -0.3 is 30.2 Å². The minimum atomic E-state index is -4.16. The highest BCUT2D eigenvalue weighted by Crippen LogP contribution is 2.49. The molecule has 1 aliphatic rings. The predicted octanol–water partition coefficient (Wildman–Crippen LogP) is 2.87. The number of ether oxygens (including phenoxy) is 2. The topological polar surface area (TPSA) is 185 Å². The zero-order valence-electron chi connectivity index (χ0n) is 23.3. The summed E-state index contributed by atoms with van der Waals surface area (Å²) in [5.74, 6) is 0.136. The van der Waals surface area contributed by atoms with E-state index < -0.39 is 43.6 Å². The van der Waals surface area contributed by atoms with Crippen LogP contribution < -0.4 is 20.7 Å². The number of nitrogens with two attached hydrogens (primary N) is 1. The molecule has 3 aromatic rings. The normalized spacial score (nSPS) is 22.6. The van der Waals surface area contributed by atoms with Crippen molar-refractivity contribution in [2.75, 3.05) is 24.7 Å². The average Bonchev–Trinajstić information content (AvgIpc) is 3.40. The van der Waals surface area contributed by atoms with Gasteiger partial charge in [0, 0.05) is 12.5 Å². The first-order chi connectivity index (χ1) is 18.8. The molecule has 0 saturated carbocycles. The molecule has 1 fully saturated rings. The first kappa shape index (κ1) is 29.7. The molecule has 1 aliphatic heterocycles. The molecule has 3 heterocycles. The molecule has 0 bridgehead atoms. The number of anilines is 2. The lowest BCUT2D eigenvalue weighted by atomic mass is 9.84. The minimum absolute atomic E-state index is 0.0463. The number of carbonyl (C=O) groups is 1.